The Bertz CT molecular complexity index is 455. The highest BCUT2D eigenvalue weighted by Gasteiger charge is 2.06. The summed E-state index contributed by atoms with van der Waals surface area (Å²) in [5.74, 6) is 0. The molecule has 1 heterocycles. The highest BCUT2D eigenvalue weighted by molar-refractivity contribution is 5.62. The number of H-pyrrole nitrogens is 1. The van der Waals surface area contributed by atoms with Crippen molar-refractivity contribution < 1.29 is 1.43 Å². The molecule has 1 aliphatic carbocycles. The van der Waals surface area contributed by atoms with Crippen LogP contribution in [0, 0.1) is 0 Å². The molecular formula is C10H14N2O. The van der Waals surface area contributed by atoms with Crippen LogP contribution in [-0.4, -0.2) is 9.55 Å². The van der Waals surface area contributed by atoms with E-state index in [1.807, 2.05) is 13.8 Å². The third kappa shape index (κ3) is 1.57. The number of aromatic amines is 1. The number of hydrogen-bond donors (Lipinski definition) is 1. The van der Waals surface area contributed by atoms with E-state index in [-0.39, 0.29) is 7.12 Å². The molecule has 0 fully saturated rings. The smallest absolute Gasteiger partial charge is 0.305 e. The summed E-state index contributed by atoms with van der Waals surface area (Å²) in [5.41, 5.74) is 7.11. The number of imidazole rings is 1. The standard InChI is InChI=1S/C8H6N2O.C2H6.H2/c1-10-7-5-3-2-4-6(7)9-8(10)11;1-2;/h4-5H,1H3,(H,9,11);1-2H3;1H. The Morgan fingerprint density at radius 3 is 2.62 bits per heavy atom. The Morgan fingerprint density at radius 2 is 2.00 bits per heavy atom. The van der Waals surface area contributed by atoms with Gasteiger partial charge < -0.3 is 4.98 Å². The third-order valence-corrected chi connectivity index (χ3v) is 1.69. The van der Waals surface area contributed by atoms with Gasteiger partial charge in [0.25, 0.3) is 0 Å². The second-order valence-corrected chi connectivity index (χ2v) is 2.37. The number of nitrogens with zero attached hydrogens (tertiary/aromatic N) is 1. The lowest BCUT2D eigenvalue weighted by molar-refractivity contribution is 0.853. The quantitative estimate of drug-likeness (QED) is 0.613. The normalized spacial score (nSPS) is 10.7. The number of rotatable bonds is 0. The molecule has 0 aliphatic heterocycles. The fraction of sp³-hybridized carbons (Fsp3) is 0.300. The van der Waals surface area contributed by atoms with Crippen LogP contribution in [0.25, 0.3) is 12.2 Å². The second kappa shape index (κ2) is 3.81. The minimum atomic E-state index is -0.104. The number of nitrogens with one attached hydrogen (secondary N) is 1. The maximum Gasteiger partial charge on any atom is 0.326 e. The molecule has 2 rings (SSSR count). The minimum Gasteiger partial charge on any atom is -0.305 e. The van der Waals surface area contributed by atoms with Gasteiger partial charge in [-0.25, -0.2) is 4.79 Å². The Balaban J connectivity index is 0.000000531. The first-order valence-electron chi connectivity index (χ1n) is 4.25. The lowest BCUT2D eigenvalue weighted by Crippen LogP contribution is -2.13. The molecule has 1 N–H and O–H groups in total. The molecule has 0 aromatic carbocycles. The number of fused-ring (bicyclic) bond motifs is 1. The SMILES string of the molecule is CC.Cn1c2c([nH]c1=O)C=C=C=C2.[HH]. The van der Waals surface area contributed by atoms with Crippen LogP contribution in [-0.2, 0) is 7.05 Å². The van der Waals surface area contributed by atoms with Gasteiger partial charge in [0, 0.05) is 20.6 Å². The molecule has 0 unspecified atom stereocenters. The molecule has 3 heteroatoms. The fourth-order valence-electron chi connectivity index (χ4n) is 1.06. The van der Waals surface area contributed by atoms with Crippen LogP contribution >= 0.6 is 0 Å². The molecule has 3 nitrogen and oxygen atoms in total. The summed E-state index contributed by atoms with van der Waals surface area (Å²) in [5, 5.41) is 0. The summed E-state index contributed by atoms with van der Waals surface area (Å²) in [6.45, 7) is 4.00. The third-order valence-electron chi connectivity index (χ3n) is 1.69. The van der Waals surface area contributed by atoms with Gasteiger partial charge in [0.1, 0.15) is 0 Å². The lowest BCUT2D eigenvalue weighted by atomic mass is 10.2. The van der Waals surface area contributed by atoms with E-state index in [4.69, 9.17) is 0 Å². The molecular weight excluding hydrogens is 164 g/mol. The van der Waals surface area contributed by atoms with Gasteiger partial charge in [-0.3, -0.25) is 4.57 Å². The molecule has 1 aromatic heterocycles. The molecule has 0 spiro atoms. The first-order valence-corrected chi connectivity index (χ1v) is 4.25. The van der Waals surface area contributed by atoms with Crippen molar-refractivity contribution in [2.24, 2.45) is 7.05 Å². The van der Waals surface area contributed by atoms with E-state index in [1.54, 1.807) is 23.8 Å². The van der Waals surface area contributed by atoms with Gasteiger partial charge in [-0.05, 0) is 0 Å². The van der Waals surface area contributed by atoms with E-state index in [2.05, 4.69) is 16.4 Å². The van der Waals surface area contributed by atoms with E-state index in [9.17, 15) is 4.79 Å². The fourth-order valence-corrected chi connectivity index (χ4v) is 1.06. The average Bonchev–Trinajstić information content (AvgIpc) is 2.47. The van der Waals surface area contributed by atoms with E-state index in [0.29, 0.717) is 0 Å². The summed E-state index contributed by atoms with van der Waals surface area (Å²) in [6.07, 6.45) is 3.43. The van der Waals surface area contributed by atoms with Gasteiger partial charge in [0.05, 0.1) is 11.4 Å². The predicted molar refractivity (Wildman–Crippen MR) is 55.4 cm³/mol. The van der Waals surface area contributed by atoms with Gasteiger partial charge in [0.2, 0.25) is 0 Å². The zero-order valence-corrected chi connectivity index (χ0v) is 8.01. The molecule has 70 valence electrons. The highest BCUT2D eigenvalue weighted by Crippen LogP contribution is 2.08. The first kappa shape index (κ1) is 9.40. The van der Waals surface area contributed by atoms with Crippen molar-refractivity contribution in [2.45, 2.75) is 13.8 Å². The van der Waals surface area contributed by atoms with Crippen LogP contribution in [0.4, 0.5) is 0 Å². The molecule has 0 radical (unpaired) electrons. The van der Waals surface area contributed by atoms with E-state index in [1.165, 1.54) is 0 Å². The van der Waals surface area contributed by atoms with Crippen LogP contribution in [0.3, 0.4) is 0 Å². The van der Waals surface area contributed by atoms with Crippen molar-refractivity contribution in [2.75, 3.05) is 0 Å². The summed E-state index contributed by atoms with van der Waals surface area (Å²) < 4.78 is 1.54. The second-order valence-electron chi connectivity index (χ2n) is 2.37. The number of hydrogen-bond acceptors (Lipinski definition) is 1. The van der Waals surface area contributed by atoms with Crippen molar-refractivity contribution in [1.29, 1.82) is 0 Å². The van der Waals surface area contributed by atoms with Crippen LogP contribution in [0.15, 0.2) is 16.3 Å². The Labute approximate surface area is 78.2 Å². The van der Waals surface area contributed by atoms with Crippen LogP contribution < -0.4 is 5.69 Å². The van der Waals surface area contributed by atoms with Gasteiger partial charge in [0.15, 0.2) is 0 Å². The Hall–Kier alpha value is -1.69. The molecule has 0 atom stereocenters. The van der Waals surface area contributed by atoms with Crippen molar-refractivity contribution >= 4 is 12.2 Å². The maximum absolute atomic E-state index is 11.0. The predicted octanol–water partition coefficient (Wildman–Crippen LogP) is 1.78. The minimum absolute atomic E-state index is 0. The molecule has 13 heavy (non-hydrogen) atoms. The van der Waals surface area contributed by atoms with Gasteiger partial charge in [-0.15, -0.1) is 0 Å². The van der Waals surface area contributed by atoms with Crippen LogP contribution in [0.2, 0.25) is 0 Å². The monoisotopic (exact) mass is 178 g/mol. The molecule has 0 bridgehead atoms. The largest absolute Gasteiger partial charge is 0.326 e. The van der Waals surface area contributed by atoms with Crippen LogP contribution in [0.5, 0.6) is 0 Å². The summed E-state index contributed by atoms with van der Waals surface area (Å²) in [6, 6.07) is 0. The summed E-state index contributed by atoms with van der Waals surface area (Å²) >= 11 is 0. The topological polar surface area (TPSA) is 37.8 Å². The van der Waals surface area contributed by atoms with Gasteiger partial charge in [-0.2, -0.15) is 0 Å². The van der Waals surface area contributed by atoms with E-state index >= 15 is 0 Å². The first-order chi connectivity index (χ1) is 6.29. The summed E-state index contributed by atoms with van der Waals surface area (Å²) in [4.78, 5) is 13.7. The zero-order valence-electron chi connectivity index (χ0n) is 8.01. The van der Waals surface area contributed by atoms with Crippen molar-refractivity contribution in [3.05, 3.63) is 33.3 Å². The number of aromatic nitrogens is 2. The van der Waals surface area contributed by atoms with E-state index in [0.717, 1.165) is 11.4 Å². The molecule has 1 aliphatic rings. The highest BCUT2D eigenvalue weighted by atomic mass is 16.1. The summed E-state index contributed by atoms with van der Waals surface area (Å²) in [7, 11) is 1.72. The molecule has 0 saturated heterocycles. The molecule has 0 amide bonds. The maximum atomic E-state index is 11.0. The Morgan fingerprint density at radius 1 is 1.38 bits per heavy atom. The van der Waals surface area contributed by atoms with Crippen molar-refractivity contribution in [1.82, 2.24) is 9.55 Å². The zero-order chi connectivity index (χ0) is 9.84. The average molecular weight is 178 g/mol. The van der Waals surface area contributed by atoms with Crippen molar-refractivity contribution in [3.63, 3.8) is 0 Å². The van der Waals surface area contributed by atoms with Crippen LogP contribution in [0.1, 0.15) is 26.7 Å². The Kier molecular flexibility index (Phi) is 2.76. The van der Waals surface area contributed by atoms with Crippen molar-refractivity contribution in [3.8, 4) is 0 Å². The van der Waals surface area contributed by atoms with Gasteiger partial charge in [-0.1, -0.05) is 25.3 Å². The van der Waals surface area contributed by atoms with E-state index < -0.39 is 0 Å². The lowest BCUT2D eigenvalue weighted by Gasteiger charge is -1.94. The van der Waals surface area contributed by atoms with Gasteiger partial charge >= 0.3 is 5.69 Å². The molecule has 0 saturated carbocycles. The molecule has 1 aromatic rings.